The summed E-state index contributed by atoms with van der Waals surface area (Å²) in [5.74, 6) is 0.753. The number of benzene rings is 1. The minimum atomic E-state index is 0.610. The van der Waals surface area contributed by atoms with E-state index < -0.39 is 0 Å². The van der Waals surface area contributed by atoms with Crippen LogP contribution in [0.2, 0.25) is 0 Å². The zero-order chi connectivity index (χ0) is 11.4. The van der Waals surface area contributed by atoms with Gasteiger partial charge in [0.1, 0.15) is 11.9 Å². The largest absolute Gasteiger partial charge is 0.340 e. The molecule has 3 heteroatoms. The van der Waals surface area contributed by atoms with Gasteiger partial charge >= 0.3 is 0 Å². The van der Waals surface area contributed by atoms with Crippen LogP contribution in [0.1, 0.15) is 11.3 Å². The van der Waals surface area contributed by atoms with Crippen molar-refractivity contribution in [2.45, 2.75) is 6.92 Å². The minimum Gasteiger partial charge on any atom is -0.340 e. The van der Waals surface area contributed by atoms with Crippen LogP contribution in [0.15, 0.2) is 42.5 Å². The molecule has 16 heavy (non-hydrogen) atoms. The normalized spacial score (nSPS) is 9.50. The van der Waals surface area contributed by atoms with E-state index in [1.165, 1.54) is 0 Å². The van der Waals surface area contributed by atoms with Crippen molar-refractivity contribution in [2.24, 2.45) is 0 Å². The van der Waals surface area contributed by atoms with Crippen molar-refractivity contribution < 1.29 is 0 Å². The van der Waals surface area contributed by atoms with Crippen molar-refractivity contribution in [1.29, 1.82) is 5.26 Å². The third-order valence-corrected chi connectivity index (χ3v) is 2.25. The van der Waals surface area contributed by atoms with Crippen LogP contribution in [0, 0.1) is 18.3 Å². The summed E-state index contributed by atoms with van der Waals surface area (Å²) in [5, 5.41) is 12.0. The Bertz CT molecular complexity index is 527. The van der Waals surface area contributed by atoms with Crippen LogP contribution in [-0.4, -0.2) is 4.98 Å². The third kappa shape index (κ3) is 2.18. The molecule has 2 rings (SSSR count). The molecule has 0 spiro atoms. The average molecular weight is 209 g/mol. The summed E-state index contributed by atoms with van der Waals surface area (Å²) in [5.41, 5.74) is 2.33. The second-order valence-corrected chi connectivity index (χ2v) is 3.43. The third-order valence-electron chi connectivity index (χ3n) is 2.25. The van der Waals surface area contributed by atoms with Gasteiger partial charge in [0.05, 0.1) is 11.3 Å². The Morgan fingerprint density at radius 2 is 1.88 bits per heavy atom. The van der Waals surface area contributed by atoms with E-state index >= 15 is 0 Å². The lowest BCUT2D eigenvalue weighted by Gasteiger charge is -2.06. The number of nitriles is 1. The SMILES string of the molecule is Cc1nc(Nc2ccccc2)ccc1C#N. The summed E-state index contributed by atoms with van der Waals surface area (Å²) in [7, 11) is 0. The van der Waals surface area contributed by atoms with E-state index in [0.717, 1.165) is 17.2 Å². The molecule has 2 aromatic rings. The first-order chi connectivity index (χ1) is 7.79. The number of anilines is 2. The molecule has 3 nitrogen and oxygen atoms in total. The van der Waals surface area contributed by atoms with Gasteiger partial charge in [-0.1, -0.05) is 18.2 Å². The van der Waals surface area contributed by atoms with Crippen molar-refractivity contribution in [2.75, 3.05) is 5.32 Å². The lowest BCUT2D eigenvalue weighted by molar-refractivity contribution is 1.18. The molecule has 0 saturated carbocycles. The van der Waals surface area contributed by atoms with E-state index in [0.29, 0.717) is 5.56 Å². The van der Waals surface area contributed by atoms with Crippen LogP contribution in [0.4, 0.5) is 11.5 Å². The molecule has 0 aliphatic rings. The molecule has 0 fully saturated rings. The van der Waals surface area contributed by atoms with E-state index in [1.54, 1.807) is 12.1 Å². The van der Waals surface area contributed by atoms with Gasteiger partial charge in [0.25, 0.3) is 0 Å². The maximum absolute atomic E-state index is 8.79. The molecule has 0 aliphatic carbocycles. The highest BCUT2D eigenvalue weighted by molar-refractivity contribution is 5.56. The van der Waals surface area contributed by atoms with E-state index in [2.05, 4.69) is 16.4 Å². The summed E-state index contributed by atoms with van der Waals surface area (Å²) in [6.07, 6.45) is 0. The van der Waals surface area contributed by atoms with Gasteiger partial charge in [-0.2, -0.15) is 5.26 Å². The van der Waals surface area contributed by atoms with Crippen LogP contribution in [-0.2, 0) is 0 Å². The average Bonchev–Trinajstić information content (AvgIpc) is 2.31. The van der Waals surface area contributed by atoms with Crippen molar-refractivity contribution >= 4 is 11.5 Å². The molecular weight excluding hydrogens is 198 g/mol. The number of nitrogens with zero attached hydrogens (tertiary/aromatic N) is 2. The molecule has 1 aromatic heterocycles. The number of hydrogen-bond acceptors (Lipinski definition) is 3. The van der Waals surface area contributed by atoms with E-state index in [4.69, 9.17) is 5.26 Å². The fraction of sp³-hybridized carbons (Fsp3) is 0.0769. The van der Waals surface area contributed by atoms with Gasteiger partial charge < -0.3 is 5.32 Å². The van der Waals surface area contributed by atoms with Gasteiger partial charge in [-0.15, -0.1) is 0 Å². The summed E-state index contributed by atoms with van der Waals surface area (Å²) in [6, 6.07) is 15.5. The maximum Gasteiger partial charge on any atom is 0.130 e. The summed E-state index contributed by atoms with van der Waals surface area (Å²) < 4.78 is 0. The maximum atomic E-state index is 8.79. The number of nitrogens with one attached hydrogen (secondary N) is 1. The number of hydrogen-bond donors (Lipinski definition) is 1. The second-order valence-electron chi connectivity index (χ2n) is 3.43. The molecule has 1 N–H and O–H groups in total. The first-order valence-electron chi connectivity index (χ1n) is 4.99. The zero-order valence-electron chi connectivity index (χ0n) is 8.94. The van der Waals surface area contributed by atoms with Crippen LogP contribution in [0.3, 0.4) is 0 Å². The standard InChI is InChI=1S/C13H11N3/c1-10-11(9-14)7-8-13(15-10)16-12-5-3-2-4-6-12/h2-8H,1H3,(H,15,16). The molecule has 0 atom stereocenters. The number of para-hydroxylation sites is 1. The number of aromatic nitrogens is 1. The molecule has 0 saturated heterocycles. The van der Waals surface area contributed by atoms with Crippen molar-refractivity contribution in [3.05, 3.63) is 53.7 Å². The molecule has 0 radical (unpaired) electrons. The molecule has 78 valence electrons. The molecule has 0 bridgehead atoms. The van der Waals surface area contributed by atoms with Crippen LogP contribution in [0.5, 0.6) is 0 Å². The fourth-order valence-electron chi connectivity index (χ4n) is 1.42. The molecule has 1 heterocycles. The van der Waals surface area contributed by atoms with Gasteiger partial charge in [-0.05, 0) is 31.2 Å². The molecule has 0 unspecified atom stereocenters. The smallest absolute Gasteiger partial charge is 0.130 e. The monoisotopic (exact) mass is 209 g/mol. The van der Waals surface area contributed by atoms with Gasteiger partial charge in [0.15, 0.2) is 0 Å². The van der Waals surface area contributed by atoms with E-state index in [-0.39, 0.29) is 0 Å². The Labute approximate surface area is 94.4 Å². The van der Waals surface area contributed by atoms with Crippen LogP contribution >= 0.6 is 0 Å². The first kappa shape index (κ1) is 10.2. The number of rotatable bonds is 2. The summed E-state index contributed by atoms with van der Waals surface area (Å²) >= 11 is 0. The molecule has 0 amide bonds. The van der Waals surface area contributed by atoms with Gasteiger partial charge in [0.2, 0.25) is 0 Å². The quantitative estimate of drug-likeness (QED) is 0.827. The predicted octanol–water partition coefficient (Wildman–Crippen LogP) is 3.01. The Morgan fingerprint density at radius 1 is 1.12 bits per heavy atom. The highest BCUT2D eigenvalue weighted by Gasteiger charge is 2.00. The second kappa shape index (κ2) is 4.45. The minimum absolute atomic E-state index is 0.610. The topological polar surface area (TPSA) is 48.7 Å². The number of aryl methyl sites for hydroxylation is 1. The first-order valence-corrected chi connectivity index (χ1v) is 4.99. The Morgan fingerprint density at radius 3 is 2.50 bits per heavy atom. The Hall–Kier alpha value is -2.34. The highest BCUT2D eigenvalue weighted by Crippen LogP contribution is 2.15. The Balaban J connectivity index is 2.24. The Kier molecular flexibility index (Phi) is 2.84. The van der Waals surface area contributed by atoms with Crippen LogP contribution < -0.4 is 5.32 Å². The lowest BCUT2D eigenvalue weighted by Crippen LogP contribution is -1.96. The summed E-state index contributed by atoms with van der Waals surface area (Å²) in [6.45, 7) is 1.83. The van der Waals surface area contributed by atoms with Gasteiger partial charge in [-0.25, -0.2) is 4.98 Å². The highest BCUT2D eigenvalue weighted by atomic mass is 15.0. The number of pyridine rings is 1. The molecular formula is C13H11N3. The lowest BCUT2D eigenvalue weighted by atomic mass is 10.2. The predicted molar refractivity (Wildman–Crippen MR) is 63.4 cm³/mol. The molecule has 0 aliphatic heterocycles. The molecule has 1 aromatic carbocycles. The fourth-order valence-corrected chi connectivity index (χ4v) is 1.42. The van der Waals surface area contributed by atoms with Crippen molar-refractivity contribution in [1.82, 2.24) is 4.98 Å². The van der Waals surface area contributed by atoms with E-state index in [1.807, 2.05) is 37.3 Å². The summed E-state index contributed by atoms with van der Waals surface area (Å²) in [4.78, 5) is 4.31. The van der Waals surface area contributed by atoms with Crippen molar-refractivity contribution in [3.8, 4) is 6.07 Å². The van der Waals surface area contributed by atoms with Crippen molar-refractivity contribution in [3.63, 3.8) is 0 Å². The van der Waals surface area contributed by atoms with Crippen LogP contribution in [0.25, 0.3) is 0 Å². The van der Waals surface area contributed by atoms with Gasteiger partial charge in [-0.3, -0.25) is 0 Å². The van der Waals surface area contributed by atoms with Gasteiger partial charge in [0, 0.05) is 5.69 Å². The van der Waals surface area contributed by atoms with E-state index in [9.17, 15) is 0 Å². The zero-order valence-corrected chi connectivity index (χ0v) is 8.94.